The van der Waals surface area contributed by atoms with Crippen molar-refractivity contribution in [2.45, 2.75) is 142 Å². The van der Waals surface area contributed by atoms with Crippen molar-refractivity contribution in [2.75, 3.05) is 0 Å². The van der Waals surface area contributed by atoms with Crippen LogP contribution in [0.5, 0.6) is 0 Å². The molecule has 0 heterocycles. The zero-order valence-electron chi connectivity index (χ0n) is 23.2. The molecule has 0 N–H and O–H groups in total. The quantitative estimate of drug-likeness (QED) is 0.0380. The summed E-state index contributed by atoms with van der Waals surface area (Å²) < 4.78 is 68.4. The molecule has 0 radical (unpaired) electrons. The SMILES string of the molecule is CCCCCCCCCCC/C=C/OS(=O)(=O)[O-].CCCCCCCCCCC/C=C/OS(=O)(=O)[O-].[Mg+2]. The van der Waals surface area contributed by atoms with E-state index in [4.69, 9.17) is 0 Å². The van der Waals surface area contributed by atoms with Crippen LogP contribution in [0, 0.1) is 0 Å². The van der Waals surface area contributed by atoms with Crippen LogP contribution in [0.2, 0.25) is 0 Å². The summed E-state index contributed by atoms with van der Waals surface area (Å²) in [5, 5.41) is 0. The van der Waals surface area contributed by atoms with E-state index in [9.17, 15) is 25.9 Å². The van der Waals surface area contributed by atoms with Crippen molar-refractivity contribution in [3.63, 3.8) is 0 Å². The maximum absolute atomic E-state index is 10.1. The van der Waals surface area contributed by atoms with E-state index in [0.717, 1.165) is 51.0 Å². The Labute approximate surface area is 244 Å². The molecule has 11 heteroatoms. The molecule has 0 aromatic rings. The summed E-state index contributed by atoms with van der Waals surface area (Å²) >= 11 is 0. The van der Waals surface area contributed by atoms with Crippen LogP contribution in [-0.2, 0) is 29.2 Å². The van der Waals surface area contributed by atoms with Crippen molar-refractivity contribution >= 4 is 43.9 Å². The van der Waals surface area contributed by atoms with Gasteiger partial charge in [0.25, 0.3) is 20.8 Å². The summed E-state index contributed by atoms with van der Waals surface area (Å²) in [4.78, 5) is 0. The summed E-state index contributed by atoms with van der Waals surface area (Å²) in [6, 6.07) is 0. The van der Waals surface area contributed by atoms with Gasteiger partial charge in [0, 0.05) is 0 Å². The topological polar surface area (TPSA) is 133 Å². The molecule has 0 atom stereocenters. The van der Waals surface area contributed by atoms with Crippen molar-refractivity contribution in [3.8, 4) is 0 Å². The normalized spacial score (nSPS) is 11.8. The number of rotatable bonds is 24. The molecule has 37 heavy (non-hydrogen) atoms. The van der Waals surface area contributed by atoms with E-state index in [1.165, 1.54) is 89.9 Å². The molecule has 216 valence electrons. The van der Waals surface area contributed by atoms with E-state index >= 15 is 0 Å². The van der Waals surface area contributed by atoms with E-state index in [0.29, 0.717) is 0 Å². The second kappa shape index (κ2) is 30.2. The fourth-order valence-electron chi connectivity index (χ4n) is 3.50. The Morgan fingerprint density at radius 1 is 0.486 bits per heavy atom. The average molecular weight is 579 g/mol. The molecular weight excluding hydrogens is 529 g/mol. The van der Waals surface area contributed by atoms with Gasteiger partial charge in [0.1, 0.15) is 12.5 Å². The minimum Gasteiger partial charge on any atom is -0.716 e. The second-order valence-electron chi connectivity index (χ2n) is 8.99. The fraction of sp³-hybridized carbons (Fsp3) is 0.846. The van der Waals surface area contributed by atoms with E-state index in [2.05, 4.69) is 22.2 Å². The molecule has 0 rings (SSSR count). The van der Waals surface area contributed by atoms with Crippen LogP contribution in [0.3, 0.4) is 0 Å². The van der Waals surface area contributed by atoms with Gasteiger partial charge < -0.3 is 17.5 Å². The van der Waals surface area contributed by atoms with Gasteiger partial charge in [-0.05, 0) is 37.8 Å². The third kappa shape index (κ3) is 45.9. The predicted octanol–water partition coefficient (Wildman–Crippen LogP) is 7.41. The van der Waals surface area contributed by atoms with E-state index in [1.807, 2.05) is 0 Å². The zero-order chi connectivity index (χ0) is 27.4. The van der Waals surface area contributed by atoms with Gasteiger partial charge in [-0.1, -0.05) is 117 Å². The van der Waals surface area contributed by atoms with Crippen molar-refractivity contribution in [2.24, 2.45) is 0 Å². The first-order valence-electron chi connectivity index (χ1n) is 13.7. The summed E-state index contributed by atoms with van der Waals surface area (Å²) in [6.07, 6.45) is 29.1. The molecule has 0 aliphatic carbocycles. The van der Waals surface area contributed by atoms with Crippen molar-refractivity contribution in [1.29, 1.82) is 0 Å². The van der Waals surface area contributed by atoms with Gasteiger partial charge in [-0.3, -0.25) is 0 Å². The van der Waals surface area contributed by atoms with E-state index in [1.54, 1.807) is 12.2 Å². The Hall–Kier alpha value is -0.334. The van der Waals surface area contributed by atoms with Gasteiger partial charge in [-0.15, -0.1) is 0 Å². The average Bonchev–Trinajstić information content (AvgIpc) is 2.79. The van der Waals surface area contributed by atoms with Crippen LogP contribution < -0.4 is 0 Å². The number of hydrogen-bond acceptors (Lipinski definition) is 8. The molecule has 0 bridgehead atoms. The molecular formula is C26H50MgO8S2. The molecule has 0 aliphatic rings. The summed E-state index contributed by atoms with van der Waals surface area (Å²) in [7, 11) is -9.15. The molecule has 0 aromatic heterocycles. The van der Waals surface area contributed by atoms with Crippen LogP contribution in [0.4, 0.5) is 0 Å². The Kier molecular flexibility index (Phi) is 33.6. The van der Waals surface area contributed by atoms with E-state index < -0.39 is 20.8 Å². The zero-order valence-corrected chi connectivity index (χ0v) is 26.3. The predicted molar refractivity (Wildman–Crippen MR) is 149 cm³/mol. The number of allylic oxidation sites excluding steroid dienone is 2. The first kappa shape index (κ1) is 41.2. The fourth-order valence-corrected chi connectivity index (χ4v) is 3.93. The van der Waals surface area contributed by atoms with Crippen LogP contribution in [0.15, 0.2) is 24.7 Å². The molecule has 0 saturated carbocycles. The minimum atomic E-state index is -4.57. The smallest absolute Gasteiger partial charge is 0.716 e. The molecule has 0 unspecified atom stereocenters. The molecule has 0 saturated heterocycles. The molecule has 0 aliphatic heterocycles. The molecule has 0 fully saturated rings. The van der Waals surface area contributed by atoms with E-state index in [-0.39, 0.29) is 23.1 Å². The maximum atomic E-state index is 10.1. The van der Waals surface area contributed by atoms with Crippen molar-refractivity contribution < 1.29 is 34.3 Å². The van der Waals surface area contributed by atoms with Crippen molar-refractivity contribution in [3.05, 3.63) is 24.7 Å². The van der Waals surface area contributed by atoms with Gasteiger partial charge in [-0.25, -0.2) is 16.8 Å². The molecule has 8 nitrogen and oxygen atoms in total. The van der Waals surface area contributed by atoms with Gasteiger partial charge in [0.05, 0.1) is 0 Å². The Morgan fingerprint density at radius 3 is 0.973 bits per heavy atom. The first-order chi connectivity index (χ1) is 17.1. The minimum absolute atomic E-state index is 0. The Balaban J connectivity index is -0.000000608. The van der Waals surface area contributed by atoms with Gasteiger partial charge in [0.2, 0.25) is 0 Å². The largest absolute Gasteiger partial charge is 2.00 e. The third-order valence-corrected chi connectivity index (χ3v) is 6.18. The van der Waals surface area contributed by atoms with Crippen LogP contribution in [0.25, 0.3) is 0 Å². The van der Waals surface area contributed by atoms with Crippen LogP contribution >= 0.6 is 0 Å². The molecule has 0 aromatic carbocycles. The Morgan fingerprint density at radius 2 is 0.730 bits per heavy atom. The first-order valence-corrected chi connectivity index (χ1v) is 16.4. The van der Waals surface area contributed by atoms with Gasteiger partial charge >= 0.3 is 23.1 Å². The maximum Gasteiger partial charge on any atom is 2.00 e. The van der Waals surface area contributed by atoms with Crippen LogP contribution in [0.1, 0.15) is 142 Å². The van der Waals surface area contributed by atoms with Crippen LogP contribution in [-0.4, -0.2) is 49.0 Å². The molecule has 0 spiro atoms. The number of unbranched alkanes of at least 4 members (excludes halogenated alkanes) is 18. The van der Waals surface area contributed by atoms with Crippen molar-refractivity contribution in [1.82, 2.24) is 0 Å². The third-order valence-electron chi connectivity index (χ3n) is 5.49. The van der Waals surface area contributed by atoms with Gasteiger partial charge in [0.15, 0.2) is 0 Å². The summed E-state index contributed by atoms with van der Waals surface area (Å²) in [5.41, 5.74) is 0. The molecule has 0 amide bonds. The van der Waals surface area contributed by atoms with Gasteiger partial charge in [-0.2, -0.15) is 0 Å². The summed E-state index contributed by atoms with van der Waals surface area (Å²) in [6.45, 7) is 4.44. The number of hydrogen-bond donors (Lipinski definition) is 0. The summed E-state index contributed by atoms with van der Waals surface area (Å²) in [5.74, 6) is 0. The Bertz CT molecular complexity index is 661. The second-order valence-corrected chi connectivity index (χ2v) is 11.0. The monoisotopic (exact) mass is 578 g/mol. The standard InChI is InChI=1S/2C13H26O4S.Mg/c2*1-2-3-4-5-6-7-8-9-10-11-12-13-17-18(14,15)16;/h2*12-13H,2-11H2,1H3,(H,14,15,16);/q;;+2/p-2/b2*13-12+;.